The first kappa shape index (κ1) is 10.6. The van der Waals surface area contributed by atoms with Gasteiger partial charge < -0.3 is 15.4 Å². The molecule has 0 aliphatic rings. The van der Waals surface area contributed by atoms with Crippen molar-refractivity contribution >= 4 is 22.8 Å². The molecule has 0 saturated carbocycles. The lowest BCUT2D eigenvalue weighted by Gasteiger charge is -2.14. The van der Waals surface area contributed by atoms with Gasteiger partial charge in [-0.05, 0) is 17.2 Å². The van der Waals surface area contributed by atoms with E-state index in [1.165, 1.54) is 0 Å². The number of carbonyl (C=O) groups is 2. The number of fused-ring (bicyclic) bond motifs is 1. The van der Waals surface area contributed by atoms with Gasteiger partial charge in [-0.2, -0.15) is 0 Å². The number of rotatable bonds is 6. The molecule has 5 heteroatoms. The molecule has 0 radical (unpaired) electrons. The fourth-order valence-corrected chi connectivity index (χ4v) is 2.42. The summed E-state index contributed by atoms with van der Waals surface area (Å²) in [6, 6.07) is 6.09. The molecule has 0 aliphatic heterocycles. The number of aromatic amines is 1. The van der Waals surface area contributed by atoms with Crippen molar-refractivity contribution in [2.75, 3.05) is 0 Å². The molecule has 122 valence electrons. The lowest BCUT2D eigenvalue weighted by Crippen LogP contribution is -2.43. The van der Waals surface area contributed by atoms with Gasteiger partial charge in [0.05, 0.1) is 13.3 Å². The first-order valence-corrected chi connectivity index (χ1v) is 7.34. The van der Waals surface area contributed by atoms with E-state index >= 15 is 0 Å². The molecule has 0 fully saturated rings. The molecule has 1 amide bonds. The Hall–Kier alpha value is -3.08. The zero-order valence-electron chi connectivity index (χ0n) is 17.6. The molecule has 0 bridgehead atoms. The summed E-state index contributed by atoms with van der Waals surface area (Å²) in [5.41, 5.74) is 0.874. The Labute approximate surface area is 146 Å². The lowest BCUT2D eigenvalue weighted by molar-refractivity contribution is -0.141. The number of hydrogen-bond donors (Lipinski definition) is 3. The highest BCUT2D eigenvalue weighted by molar-refractivity contribution is 5.90. The first-order chi connectivity index (χ1) is 13.7. The molecule has 3 rings (SSSR count). The van der Waals surface area contributed by atoms with Crippen molar-refractivity contribution in [3.05, 3.63) is 71.8 Å². The zero-order valence-corrected chi connectivity index (χ0v) is 12.6. The van der Waals surface area contributed by atoms with E-state index in [2.05, 4.69) is 10.3 Å². The normalized spacial score (nSPS) is 14.9. The van der Waals surface area contributed by atoms with Gasteiger partial charge in [-0.3, -0.25) is 4.79 Å². The second-order valence-corrected chi connectivity index (χ2v) is 5.30. The summed E-state index contributed by atoms with van der Waals surface area (Å²) >= 11 is 0. The van der Waals surface area contributed by atoms with Crippen molar-refractivity contribution in [1.82, 2.24) is 10.3 Å². The second-order valence-electron chi connectivity index (χ2n) is 5.30. The van der Waals surface area contributed by atoms with Gasteiger partial charge in [0, 0.05) is 23.5 Å². The first-order valence-electron chi connectivity index (χ1n) is 9.84. The van der Waals surface area contributed by atoms with Crippen molar-refractivity contribution in [1.29, 1.82) is 0 Å². The SMILES string of the molecule is [2H]c1[nH]c2c([2H])c([2H])c([2H])c([2H])c2c1CC(=O)[15NH][C@@H](Cc1ccccc1)C(=O)O. The molecule has 24 heavy (non-hydrogen) atoms. The Morgan fingerprint density at radius 1 is 1.21 bits per heavy atom. The average molecular weight is 328 g/mol. The van der Waals surface area contributed by atoms with E-state index in [9.17, 15) is 14.7 Å². The molecule has 1 atom stereocenters. The summed E-state index contributed by atoms with van der Waals surface area (Å²) in [5, 5.41) is 11.9. The number of H-pyrrole nitrogens is 1. The number of para-hydroxylation sites is 1. The third-order valence-corrected chi connectivity index (χ3v) is 3.58. The molecule has 0 unspecified atom stereocenters. The Bertz CT molecular complexity index is 1100. The Balaban J connectivity index is 1.87. The van der Waals surface area contributed by atoms with E-state index in [-0.39, 0.29) is 47.6 Å². The largest absolute Gasteiger partial charge is 0.480 e. The number of carbonyl (C=O) groups excluding carboxylic acids is 1. The Morgan fingerprint density at radius 3 is 2.71 bits per heavy atom. The van der Waals surface area contributed by atoms with E-state index in [4.69, 9.17) is 6.85 Å². The van der Waals surface area contributed by atoms with Crippen LogP contribution < -0.4 is 5.32 Å². The van der Waals surface area contributed by atoms with Gasteiger partial charge in [0.1, 0.15) is 6.04 Å². The van der Waals surface area contributed by atoms with Crippen LogP contribution in [0.1, 0.15) is 18.0 Å². The van der Waals surface area contributed by atoms with E-state index in [1.54, 1.807) is 30.3 Å². The van der Waals surface area contributed by atoms with Crippen LogP contribution in [0.15, 0.2) is 60.7 Å². The van der Waals surface area contributed by atoms with Crippen molar-refractivity contribution in [3.8, 4) is 0 Å². The van der Waals surface area contributed by atoms with Gasteiger partial charge in [-0.25, -0.2) is 4.79 Å². The van der Waals surface area contributed by atoms with Crippen LogP contribution in [0.25, 0.3) is 10.9 Å². The number of nitrogens with one attached hydrogen (secondary N) is 2. The predicted octanol–water partition coefficient (Wildman–Crippen LogP) is 2.52. The van der Waals surface area contributed by atoms with E-state index in [0.29, 0.717) is 0 Å². The molecule has 1 aromatic heterocycles. The summed E-state index contributed by atoms with van der Waals surface area (Å²) < 4.78 is 39.5. The molecule has 5 nitrogen and oxygen atoms in total. The van der Waals surface area contributed by atoms with Crippen LogP contribution in [0.3, 0.4) is 0 Å². The standard InChI is InChI=1S/C19H18N2O3/c22-18(11-14-12-20-16-9-5-4-8-15(14)16)21-17(19(23)24)10-13-6-2-1-3-7-13/h1-9,12,17,20H,10-11H2,(H,21,22)(H,23,24)/t17-/m0/s1/i4D,5D,8D,9D,12D,21+1. The quantitative estimate of drug-likeness (QED) is 0.608. The number of carboxylic acids is 1. The molecule has 1 heterocycles. The van der Waals surface area contributed by atoms with Crippen LogP contribution in [0.5, 0.6) is 0 Å². The number of aromatic nitrogens is 1. The fourth-order valence-electron chi connectivity index (χ4n) is 2.42. The molecule has 0 saturated heterocycles. The number of aliphatic carboxylic acids is 1. The number of hydrogen-bond acceptors (Lipinski definition) is 2. The van der Waals surface area contributed by atoms with Crippen LogP contribution in [0, 0.1) is 0 Å². The molecule has 0 spiro atoms. The topological polar surface area (TPSA) is 82.2 Å². The van der Waals surface area contributed by atoms with E-state index in [1.807, 2.05) is 0 Å². The lowest BCUT2D eigenvalue weighted by atomic mass is 10.1. The summed E-state index contributed by atoms with van der Waals surface area (Å²) in [7, 11) is 0. The maximum atomic E-state index is 12.5. The van der Waals surface area contributed by atoms with E-state index in [0.717, 1.165) is 5.56 Å². The van der Waals surface area contributed by atoms with Crippen LogP contribution >= 0.6 is 0 Å². The third kappa shape index (κ3) is 3.63. The van der Waals surface area contributed by atoms with Crippen LogP contribution in [0.4, 0.5) is 0 Å². The Morgan fingerprint density at radius 2 is 1.96 bits per heavy atom. The number of amides is 1. The minimum Gasteiger partial charge on any atom is -0.480 e. The zero-order chi connectivity index (χ0) is 21.3. The van der Waals surface area contributed by atoms with Gasteiger partial charge in [0.25, 0.3) is 0 Å². The van der Waals surface area contributed by atoms with Gasteiger partial charge in [-0.1, -0.05) is 48.5 Å². The van der Waals surface area contributed by atoms with Gasteiger partial charge in [0.15, 0.2) is 0 Å². The highest BCUT2D eigenvalue weighted by atomic mass is 16.4. The molecular weight excluding hydrogens is 305 g/mol. The van der Waals surface area contributed by atoms with Crippen LogP contribution in [-0.2, 0) is 22.4 Å². The van der Waals surface area contributed by atoms with Crippen molar-refractivity contribution in [2.45, 2.75) is 18.9 Å². The minimum absolute atomic E-state index is 0.0443. The maximum Gasteiger partial charge on any atom is 0.326 e. The molecule has 3 N–H and O–H groups in total. The third-order valence-electron chi connectivity index (χ3n) is 3.58. The highest BCUT2D eigenvalue weighted by Crippen LogP contribution is 2.18. The van der Waals surface area contributed by atoms with Crippen LogP contribution in [0.2, 0.25) is 0 Å². The monoisotopic (exact) mass is 328 g/mol. The smallest absolute Gasteiger partial charge is 0.326 e. The van der Waals surface area contributed by atoms with Gasteiger partial charge >= 0.3 is 5.97 Å². The van der Waals surface area contributed by atoms with Crippen LogP contribution in [-0.4, -0.2) is 28.0 Å². The summed E-state index contributed by atoms with van der Waals surface area (Å²) in [4.78, 5) is 26.6. The minimum atomic E-state index is -1.20. The van der Waals surface area contributed by atoms with Gasteiger partial charge in [0.2, 0.25) is 5.91 Å². The fraction of sp³-hybridized carbons (Fsp3) is 0.158. The Kier molecular flexibility index (Phi) is 3.11. The molecule has 2 aromatic carbocycles. The van der Waals surface area contributed by atoms with E-state index < -0.39 is 30.0 Å². The predicted molar refractivity (Wildman–Crippen MR) is 91.7 cm³/mol. The van der Waals surface area contributed by atoms with Gasteiger partial charge in [-0.15, -0.1) is 0 Å². The van der Waals surface area contributed by atoms with Crippen molar-refractivity contribution < 1.29 is 21.5 Å². The highest BCUT2D eigenvalue weighted by Gasteiger charge is 2.21. The molecular formula is C19H18N2O3. The maximum absolute atomic E-state index is 12.5. The molecule has 0 aliphatic carbocycles. The second kappa shape index (κ2) is 7.00. The number of benzene rings is 2. The van der Waals surface area contributed by atoms with Crippen molar-refractivity contribution in [3.63, 3.8) is 0 Å². The molecule has 3 aromatic rings. The van der Waals surface area contributed by atoms with Crippen molar-refractivity contribution in [2.24, 2.45) is 0 Å². The average Bonchev–Trinajstić information content (AvgIpc) is 3.01. The summed E-state index contributed by atoms with van der Waals surface area (Å²) in [6.45, 7) is 0. The number of carboxylic acid groups (broad SMARTS) is 1. The summed E-state index contributed by atoms with van der Waals surface area (Å²) in [5.74, 6) is -1.86. The summed E-state index contributed by atoms with van der Waals surface area (Å²) in [6.07, 6.45) is -0.514.